The number of piperidine rings is 1. The standard InChI is InChI=1S/C22H29N3O3/c1-4-23(5-2)20(26)15-25-14-18(17-8-6-7-9-19(17)25)21(27)22(28)24-12-10-16(3)11-13-24/h6-9,14,16H,4-5,10-13,15H2,1-3H3. The Hall–Kier alpha value is -2.63. The molecule has 6 nitrogen and oxygen atoms in total. The summed E-state index contributed by atoms with van der Waals surface area (Å²) in [5, 5.41) is 0.721. The van der Waals surface area contributed by atoms with E-state index in [0.29, 0.717) is 37.7 Å². The van der Waals surface area contributed by atoms with E-state index < -0.39 is 11.7 Å². The number of carbonyl (C=O) groups excluding carboxylic acids is 3. The Balaban J connectivity index is 1.88. The Morgan fingerprint density at radius 2 is 1.71 bits per heavy atom. The van der Waals surface area contributed by atoms with Crippen LogP contribution in [0.4, 0.5) is 0 Å². The number of carbonyl (C=O) groups is 3. The van der Waals surface area contributed by atoms with Crippen molar-refractivity contribution in [2.75, 3.05) is 26.2 Å². The zero-order valence-electron chi connectivity index (χ0n) is 17.0. The van der Waals surface area contributed by atoms with Crippen LogP contribution in [0.15, 0.2) is 30.5 Å². The molecule has 1 aromatic carbocycles. The number of hydrogen-bond donors (Lipinski definition) is 0. The third kappa shape index (κ3) is 3.96. The van der Waals surface area contributed by atoms with E-state index >= 15 is 0 Å². The highest BCUT2D eigenvalue weighted by Crippen LogP contribution is 2.24. The summed E-state index contributed by atoms with van der Waals surface area (Å²) in [7, 11) is 0. The van der Waals surface area contributed by atoms with Crippen LogP contribution in [0.3, 0.4) is 0 Å². The maximum absolute atomic E-state index is 13.0. The van der Waals surface area contributed by atoms with E-state index in [-0.39, 0.29) is 12.5 Å². The molecule has 1 saturated heterocycles. The summed E-state index contributed by atoms with van der Waals surface area (Å²) < 4.78 is 1.79. The Labute approximate surface area is 166 Å². The number of para-hydroxylation sites is 1. The molecule has 1 aromatic heterocycles. The molecule has 0 N–H and O–H groups in total. The molecule has 0 aliphatic carbocycles. The van der Waals surface area contributed by atoms with Crippen LogP contribution in [0.5, 0.6) is 0 Å². The molecule has 3 rings (SSSR count). The highest BCUT2D eigenvalue weighted by atomic mass is 16.2. The molecule has 0 atom stereocenters. The van der Waals surface area contributed by atoms with Crippen molar-refractivity contribution in [2.45, 2.75) is 40.2 Å². The molecular formula is C22H29N3O3. The van der Waals surface area contributed by atoms with Gasteiger partial charge in [0.25, 0.3) is 11.7 Å². The first-order chi connectivity index (χ1) is 13.5. The van der Waals surface area contributed by atoms with Crippen LogP contribution in [0, 0.1) is 5.92 Å². The molecule has 1 aliphatic heterocycles. The van der Waals surface area contributed by atoms with E-state index in [1.807, 2.05) is 38.1 Å². The molecule has 150 valence electrons. The fraction of sp³-hybridized carbons (Fsp3) is 0.500. The minimum Gasteiger partial charge on any atom is -0.342 e. The molecule has 0 bridgehead atoms. The maximum Gasteiger partial charge on any atom is 0.295 e. The van der Waals surface area contributed by atoms with Crippen LogP contribution < -0.4 is 0 Å². The number of hydrogen-bond acceptors (Lipinski definition) is 3. The quantitative estimate of drug-likeness (QED) is 0.569. The van der Waals surface area contributed by atoms with Gasteiger partial charge in [0.15, 0.2) is 0 Å². The van der Waals surface area contributed by atoms with Crippen LogP contribution >= 0.6 is 0 Å². The fourth-order valence-corrected chi connectivity index (χ4v) is 3.85. The van der Waals surface area contributed by atoms with Gasteiger partial charge in [-0.2, -0.15) is 0 Å². The van der Waals surface area contributed by atoms with Gasteiger partial charge in [-0.3, -0.25) is 14.4 Å². The lowest BCUT2D eigenvalue weighted by atomic mass is 9.98. The monoisotopic (exact) mass is 383 g/mol. The summed E-state index contributed by atoms with van der Waals surface area (Å²) in [4.78, 5) is 41.7. The largest absolute Gasteiger partial charge is 0.342 e. The molecule has 1 aliphatic rings. The summed E-state index contributed by atoms with van der Waals surface area (Å²) in [6.45, 7) is 8.77. The second-order valence-corrected chi connectivity index (χ2v) is 7.56. The second-order valence-electron chi connectivity index (χ2n) is 7.56. The molecule has 0 radical (unpaired) electrons. The number of aromatic nitrogens is 1. The summed E-state index contributed by atoms with van der Waals surface area (Å²) in [5.41, 5.74) is 1.18. The zero-order chi connectivity index (χ0) is 20.3. The van der Waals surface area contributed by atoms with Crippen molar-refractivity contribution in [1.29, 1.82) is 0 Å². The molecule has 2 amide bonds. The van der Waals surface area contributed by atoms with Gasteiger partial charge in [0.1, 0.15) is 6.54 Å². The number of Topliss-reactive ketones (excluding diaryl/α,β-unsaturated/α-hetero) is 1. The van der Waals surface area contributed by atoms with Gasteiger partial charge in [0, 0.05) is 43.3 Å². The average molecular weight is 383 g/mol. The summed E-state index contributed by atoms with van der Waals surface area (Å²) in [5.74, 6) is -0.335. The van der Waals surface area contributed by atoms with Crippen LogP contribution in [0.2, 0.25) is 0 Å². The van der Waals surface area contributed by atoms with Crippen molar-refractivity contribution in [3.05, 3.63) is 36.0 Å². The van der Waals surface area contributed by atoms with Crippen molar-refractivity contribution >= 4 is 28.5 Å². The SMILES string of the molecule is CCN(CC)C(=O)Cn1cc(C(=O)C(=O)N2CCC(C)CC2)c2ccccc21. The van der Waals surface area contributed by atoms with Crippen molar-refractivity contribution in [2.24, 2.45) is 5.92 Å². The van der Waals surface area contributed by atoms with E-state index in [2.05, 4.69) is 6.92 Å². The predicted molar refractivity (Wildman–Crippen MR) is 109 cm³/mol. The smallest absolute Gasteiger partial charge is 0.295 e. The van der Waals surface area contributed by atoms with E-state index in [1.54, 1.807) is 20.6 Å². The number of likely N-dealkylation sites (N-methyl/N-ethyl adjacent to an activating group) is 1. The highest BCUT2D eigenvalue weighted by molar-refractivity contribution is 6.44. The van der Waals surface area contributed by atoms with Gasteiger partial charge in [-0.15, -0.1) is 0 Å². The van der Waals surface area contributed by atoms with Crippen LogP contribution in [0.25, 0.3) is 10.9 Å². The van der Waals surface area contributed by atoms with Crippen molar-refractivity contribution in [3.63, 3.8) is 0 Å². The van der Waals surface area contributed by atoms with Crippen LogP contribution in [-0.4, -0.2) is 58.1 Å². The molecular weight excluding hydrogens is 354 g/mol. The van der Waals surface area contributed by atoms with Crippen molar-refractivity contribution < 1.29 is 14.4 Å². The number of rotatable bonds is 6. The Kier molecular flexibility index (Phi) is 6.17. The summed E-state index contributed by atoms with van der Waals surface area (Å²) >= 11 is 0. The topological polar surface area (TPSA) is 62.6 Å². The lowest BCUT2D eigenvalue weighted by molar-refractivity contribution is -0.131. The summed E-state index contributed by atoms with van der Waals surface area (Å²) in [6, 6.07) is 7.45. The number of amides is 2. The van der Waals surface area contributed by atoms with Gasteiger partial charge in [0.2, 0.25) is 5.91 Å². The van der Waals surface area contributed by atoms with Crippen molar-refractivity contribution in [3.8, 4) is 0 Å². The number of benzene rings is 1. The zero-order valence-corrected chi connectivity index (χ0v) is 17.0. The van der Waals surface area contributed by atoms with E-state index in [1.165, 1.54) is 0 Å². The van der Waals surface area contributed by atoms with Gasteiger partial charge in [-0.05, 0) is 38.7 Å². The third-order valence-corrected chi connectivity index (χ3v) is 5.72. The molecule has 2 aromatic rings. The number of nitrogens with zero attached hydrogens (tertiary/aromatic N) is 3. The van der Waals surface area contributed by atoms with Crippen molar-refractivity contribution in [1.82, 2.24) is 14.4 Å². The van der Waals surface area contributed by atoms with Gasteiger partial charge in [-0.25, -0.2) is 0 Å². The van der Waals surface area contributed by atoms with E-state index in [0.717, 1.165) is 23.7 Å². The van der Waals surface area contributed by atoms with Gasteiger partial charge in [0.05, 0.1) is 5.56 Å². The lowest BCUT2D eigenvalue weighted by Gasteiger charge is -2.29. The van der Waals surface area contributed by atoms with Gasteiger partial charge in [-0.1, -0.05) is 25.1 Å². The minimum absolute atomic E-state index is 0.00102. The predicted octanol–water partition coefficient (Wildman–Crippen LogP) is 2.95. The van der Waals surface area contributed by atoms with Gasteiger partial charge < -0.3 is 14.4 Å². The summed E-state index contributed by atoms with van der Waals surface area (Å²) in [6.07, 6.45) is 3.52. The molecule has 0 saturated carbocycles. The molecule has 2 heterocycles. The van der Waals surface area contributed by atoms with E-state index in [4.69, 9.17) is 0 Å². The maximum atomic E-state index is 13.0. The number of ketones is 1. The first-order valence-electron chi connectivity index (χ1n) is 10.2. The number of fused-ring (bicyclic) bond motifs is 1. The first-order valence-corrected chi connectivity index (χ1v) is 10.2. The highest BCUT2D eigenvalue weighted by Gasteiger charge is 2.29. The van der Waals surface area contributed by atoms with Crippen LogP contribution in [-0.2, 0) is 16.1 Å². The lowest BCUT2D eigenvalue weighted by Crippen LogP contribution is -2.41. The minimum atomic E-state index is -0.486. The molecule has 6 heteroatoms. The Bertz CT molecular complexity index is 874. The molecule has 0 spiro atoms. The third-order valence-electron chi connectivity index (χ3n) is 5.72. The second kappa shape index (κ2) is 8.59. The average Bonchev–Trinajstić information content (AvgIpc) is 3.07. The number of likely N-dealkylation sites (tertiary alicyclic amines) is 1. The van der Waals surface area contributed by atoms with E-state index in [9.17, 15) is 14.4 Å². The van der Waals surface area contributed by atoms with Crippen LogP contribution in [0.1, 0.15) is 44.0 Å². The molecule has 28 heavy (non-hydrogen) atoms. The first kappa shape index (κ1) is 20.1. The molecule has 0 unspecified atom stereocenters. The Morgan fingerprint density at radius 1 is 1.07 bits per heavy atom. The fourth-order valence-electron chi connectivity index (χ4n) is 3.85. The van der Waals surface area contributed by atoms with Gasteiger partial charge >= 0.3 is 0 Å². The normalized spacial score (nSPS) is 15.0. The molecule has 1 fully saturated rings. The Morgan fingerprint density at radius 3 is 2.36 bits per heavy atom.